The topological polar surface area (TPSA) is 98.5 Å². The van der Waals surface area contributed by atoms with Crippen LogP contribution in [0.3, 0.4) is 0 Å². The van der Waals surface area contributed by atoms with Crippen LogP contribution >= 0.6 is 11.3 Å². The standard InChI is InChI=1S/C19H14N2O5S/c1-26-19(23)17-14-4-2-3-5-15(14)27-18(17)20-16(22)11-8-12-6-9-13(10-7-12)21(24)25/h2-11H,1H3,(H,20,22)/b11-8-. The van der Waals surface area contributed by atoms with Gasteiger partial charge in [0.1, 0.15) is 10.6 Å². The first kappa shape index (κ1) is 18.3. The van der Waals surface area contributed by atoms with E-state index in [1.54, 1.807) is 18.2 Å². The highest BCUT2D eigenvalue weighted by atomic mass is 32.1. The third-order valence-corrected chi connectivity index (χ3v) is 4.84. The summed E-state index contributed by atoms with van der Waals surface area (Å²) < 4.78 is 5.68. The molecule has 136 valence electrons. The number of hydrogen-bond donors (Lipinski definition) is 1. The molecule has 7 nitrogen and oxygen atoms in total. The van der Waals surface area contributed by atoms with Crippen molar-refractivity contribution in [1.82, 2.24) is 0 Å². The number of hydrogen-bond acceptors (Lipinski definition) is 6. The van der Waals surface area contributed by atoms with Gasteiger partial charge in [0.15, 0.2) is 0 Å². The fraction of sp³-hybridized carbons (Fsp3) is 0.0526. The summed E-state index contributed by atoms with van der Waals surface area (Å²) in [5.74, 6) is -0.952. The van der Waals surface area contributed by atoms with E-state index in [9.17, 15) is 19.7 Å². The number of non-ortho nitro benzene ring substituents is 1. The molecule has 0 bridgehead atoms. The SMILES string of the molecule is COC(=O)c1c(NC(=O)/C=C\c2ccc([N+](=O)[O-])cc2)sc2ccccc12. The highest BCUT2D eigenvalue weighted by molar-refractivity contribution is 7.23. The number of nitrogens with one attached hydrogen (secondary N) is 1. The van der Waals surface area contributed by atoms with Crippen LogP contribution in [0.5, 0.6) is 0 Å². The Morgan fingerprint density at radius 3 is 2.52 bits per heavy atom. The number of anilines is 1. The summed E-state index contributed by atoms with van der Waals surface area (Å²) in [6.45, 7) is 0. The van der Waals surface area contributed by atoms with Crippen LogP contribution in [0.25, 0.3) is 16.2 Å². The molecule has 0 radical (unpaired) electrons. The van der Waals surface area contributed by atoms with Crippen molar-refractivity contribution in [2.75, 3.05) is 12.4 Å². The molecule has 0 saturated carbocycles. The Labute approximate surface area is 158 Å². The normalized spacial score (nSPS) is 10.9. The molecule has 1 aromatic heterocycles. The van der Waals surface area contributed by atoms with Crippen molar-refractivity contribution in [1.29, 1.82) is 0 Å². The zero-order chi connectivity index (χ0) is 19.4. The summed E-state index contributed by atoms with van der Waals surface area (Å²) >= 11 is 1.28. The highest BCUT2D eigenvalue weighted by Gasteiger charge is 2.20. The molecule has 1 heterocycles. The number of rotatable bonds is 5. The summed E-state index contributed by atoms with van der Waals surface area (Å²) in [5.41, 5.74) is 0.931. The van der Waals surface area contributed by atoms with Gasteiger partial charge in [-0.25, -0.2) is 4.79 Å². The second-order valence-corrected chi connectivity index (χ2v) is 6.52. The summed E-state index contributed by atoms with van der Waals surface area (Å²) in [7, 11) is 1.29. The van der Waals surface area contributed by atoms with Gasteiger partial charge in [-0.1, -0.05) is 18.2 Å². The van der Waals surface area contributed by atoms with Crippen LogP contribution in [0.4, 0.5) is 10.7 Å². The smallest absolute Gasteiger partial charge is 0.341 e. The van der Waals surface area contributed by atoms with Crippen molar-refractivity contribution in [2.45, 2.75) is 0 Å². The maximum atomic E-state index is 12.2. The second kappa shape index (κ2) is 7.79. The monoisotopic (exact) mass is 382 g/mol. The number of fused-ring (bicyclic) bond motifs is 1. The van der Waals surface area contributed by atoms with Crippen molar-refractivity contribution in [3.8, 4) is 0 Å². The van der Waals surface area contributed by atoms with Crippen molar-refractivity contribution in [3.63, 3.8) is 0 Å². The molecule has 8 heteroatoms. The molecular formula is C19H14N2O5S. The number of benzene rings is 2. The number of esters is 1. The summed E-state index contributed by atoms with van der Waals surface area (Å²) in [6.07, 6.45) is 2.83. The van der Waals surface area contributed by atoms with Gasteiger partial charge in [-0.05, 0) is 29.8 Å². The maximum absolute atomic E-state index is 12.2. The first-order valence-electron chi connectivity index (χ1n) is 7.83. The minimum absolute atomic E-state index is 0.0235. The summed E-state index contributed by atoms with van der Waals surface area (Å²) in [6, 6.07) is 13.1. The molecule has 2 aromatic carbocycles. The van der Waals surface area contributed by atoms with E-state index in [1.807, 2.05) is 18.2 Å². The van der Waals surface area contributed by atoms with Gasteiger partial charge in [0.25, 0.3) is 5.69 Å². The molecule has 1 N–H and O–H groups in total. The van der Waals surface area contributed by atoms with E-state index in [2.05, 4.69) is 5.32 Å². The van der Waals surface area contributed by atoms with Crippen molar-refractivity contribution < 1.29 is 19.2 Å². The van der Waals surface area contributed by atoms with Gasteiger partial charge in [0.2, 0.25) is 5.91 Å². The number of nitro groups is 1. The molecule has 0 unspecified atom stereocenters. The van der Waals surface area contributed by atoms with Crippen LogP contribution in [-0.4, -0.2) is 23.9 Å². The molecule has 0 aliphatic rings. The van der Waals surface area contributed by atoms with Crippen LogP contribution in [0.2, 0.25) is 0 Å². The molecule has 0 fully saturated rings. The van der Waals surface area contributed by atoms with Gasteiger partial charge >= 0.3 is 5.97 Å². The Balaban J connectivity index is 1.81. The van der Waals surface area contributed by atoms with E-state index >= 15 is 0 Å². The van der Waals surface area contributed by atoms with Crippen LogP contribution in [0.1, 0.15) is 15.9 Å². The average molecular weight is 382 g/mol. The third-order valence-electron chi connectivity index (χ3n) is 3.75. The molecule has 0 atom stereocenters. The lowest BCUT2D eigenvalue weighted by atomic mass is 10.1. The number of nitro benzene ring substituents is 1. The minimum Gasteiger partial charge on any atom is -0.465 e. The zero-order valence-corrected chi connectivity index (χ0v) is 15.0. The quantitative estimate of drug-likeness (QED) is 0.308. The second-order valence-electron chi connectivity index (χ2n) is 5.47. The molecular weight excluding hydrogens is 368 g/mol. The van der Waals surface area contributed by atoms with E-state index in [4.69, 9.17) is 4.74 Å². The van der Waals surface area contributed by atoms with Crippen LogP contribution in [0.15, 0.2) is 54.6 Å². The first-order chi connectivity index (χ1) is 13.0. The Bertz CT molecular complexity index is 1050. The van der Waals surface area contributed by atoms with E-state index in [0.717, 1.165) is 4.70 Å². The number of carbonyl (C=O) groups is 2. The average Bonchev–Trinajstić information content (AvgIpc) is 3.03. The lowest BCUT2D eigenvalue weighted by molar-refractivity contribution is -0.384. The predicted molar refractivity (Wildman–Crippen MR) is 104 cm³/mol. The Kier molecular flexibility index (Phi) is 5.28. The minimum atomic E-state index is -0.526. The maximum Gasteiger partial charge on any atom is 0.341 e. The lowest BCUT2D eigenvalue weighted by Gasteiger charge is -2.03. The number of nitrogens with zero attached hydrogens (tertiary/aromatic N) is 1. The van der Waals surface area contributed by atoms with Gasteiger partial charge in [-0.2, -0.15) is 0 Å². The molecule has 0 spiro atoms. The molecule has 3 aromatic rings. The van der Waals surface area contributed by atoms with Crippen molar-refractivity contribution >= 4 is 50.1 Å². The number of ether oxygens (including phenoxy) is 1. The number of amides is 1. The Morgan fingerprint density at radius 2 is 1.85 bits per heavy atom. The Hall–Kier alpha value is -3.52. The molecule has 1 amide bonds. The predicted octanol–water partition coefficient (Wildman–Crippen LogP) is 4.25. The van der Waals surface area contributed by atoms with E-state index in [0.29, 0.717) is 21.5 Å². The van der Waals surface area contributed by atoms with Gasteiger partial charge in [0.05, 0.1) is 12.0 Å². The number of thiophene rings is 1. The fourth-order valence-electron chi connectivity index (χ4n) is 2.47. The molecule has 0 saturated heterocycles. The van der Waals surface area contributed by atoms with Gasteiger partial charge in [0, 0.05) is 28.3 Å². The van der Waals surface area contributed by atoms with E-state index in [1.165, 1.54) is 42.7 Å². The van der Waals surface area contributed by atoms with Gasteiger partial charge in [-0.3, -0.25) is 14.9 Å². The van der Waals surface area contributed by atoms with Gasteiger partial charge < -0.3 is 10.1 Å². The summed E-state index contributed by atoms with van der Waals surface area (Å²) in [4.78, 5) is 34.5. The van der Waals surface area contributed by atoms with Crippen LogP contribution < -0.4 is 5.32 Å². The first-order valence-corrected chi connectivity index (χ1v) is 8.64. The summed E-state index contributed by atoms with van der Waals surface area (Å²) in [5, 5.41) is 14.5. The third kappa shape index (κ3) is 4.01. The van der Waals surface area contributed by atoms with Crippen LogP contribution in [-0.2, 0) is 9.53 Å². The largest absolute Gasteiger partial charge is 0.465 e. The van der Waals surface area contributed by atoms with E-state index in [-0.39, 0.29) is 5.69 Å². The lowest BCUT2D eigenvalue weighted by Crippen LogP contribution is -2.11. The molecule has 0 aliphatic carbocycles. The highest BCUT2D eigenvalue weighted by Crippen LogP contribution is 2.36. The van der Waals surface area contributed by atoms with Crippen molar-refractivity contribution in [3.05, 3.63) is 75.8 Å². The zero-order valence-electron chi connectivity index (χ0n) is 14.2. The Morgan fingerprint density at radius 1 is 1.15 bits per heavy atom. The van der Waals surface area contributed by atoms with Crippen LogP contribution in [0, 0.1) is 10.1 Å². The molecule has 3 rings (SSSR count). The molecule has 27 heavy (non-hydrogen) atoms. The fourth-order valence-corrected chi connectivity index (χ4v) is 3.56. The van der Waals surface area contributed by atoms with Gasteiger partial charge in [-0.15, -0.1) is 11.3 Å². The number of carbonyl (C=O) groups excluding carboxylic acids is 2. The number of methoxy groups -OCH3 is 1. The van der Waals surface area contributed by atoms with E-state index < -0.39 is 16.8 Å². The van der Waals surface area contributed by atoms with Crippen molar-refractivity contribution in [2.24, 2.45) is 0 Å². The molecule has 0 aliphatic heterocycles.